The van der Waals surface area contributed by atoms with Crippen LogP contribution in [0.5, 0.6) is 0 Å². The van der Waals surface area contributed by atoms with Gasteiger partial charge in [0.1, 0.15) is 0 Å². The predicted octanol–water partition coefficient (Wildman–Crippen LogP) is 3.33. The minimum atomic E-state index is 0.143. The van der Waals surface area contributed by atoms with E-state index in [0.29, 0.717) is 6.54 Å². The Morgan fingerprint density at radius 3 is 2.52 bits per heavy atom. The Hall–Kier alpha value is -2.82. The van der Waals surface area contributed by atoms with Crippen LogP contribution in [-0.4, -0.2) is 25.5 Å². The molecule has 2 aromatic rings. The van der Waals surface area contributed by atoms with Gasteiger partial charge in [-0.1, -0.05) is 48.9 Å². The van der Waals surface area contributed by atoms with Crippen LogP contribution < -0.4 is 16.0 Å². The first kappa shape index (κ1) is 19.0. The van der Waals surface area contributed by atoms with Crippen LogP contribution in [-0.2, 0) is 17.8 Å². The van der Waals surface area contributed by atoms with Crippen molar-refractivity contribution in [3.8, 4) is 0 Å². The number of rotatable bonds is 7. The molecule has 1 aliphatic carbocycles. The van der Waals surface area contributed by atoms with E-state index in [2.05, 4.69) is 45.2 Å². The number of nitrogens with one attached hydrogen (secondary N) is 3. The van der Waals surface area contributed by atoms with Gasteiger partial charge in [-0.25, -0.2) is 0 Å². The Labute approximate surface area is 161 Å². The normalized spacial score (nSPS) is 14.3. The van der Waals surface area contributed by atoms with Crippen LogP contribution in [0.1, 0.15) is 30.4 Å². The average molecular weight is 364 g/mol. The Morgan fingerprint density at radius 1 is 1.04 bits per heavy atom. The average Bonchev–Trinajstić information content (AvgIpc) is 2.64. The quantitative estimate of drug-likeness (QED) is 0.521. The second kappa shape index (κ2) is 9.76. The third-order valence-corrected chi connectivity index (χ3v) is 4.90. The van der Waals surface area contributed by atoms with Gasteiger partial charge in [0.2, 0.25) is 5.91 Å². The molecule has 2 aromatic carbocycles. The minimum absolute atomic E-state index is 0.143. The zero-order chi connectivity index (χ0) is 18.9. The van der Waals surface area contributed by atoms with E-state index in [1.54, 1.807) is 7.05 Å². The molecule has 0 aromatic heterocycles. The summed E-state index contributed by atoms with van der Waals surface area (Å²) in [5.74, 6) is 1.11. The van der Waals surface area contributed by atoms with Crippen molar-refractivity contribution >= 4 is 17.6 Å². The number of anilines is 1. The van der Waals surface area contributed by atoms with E-state index in [-0.39, 0.29) is 11.8 Å². The summed E-state index contributed by atoms with van der Waals surface area (Å²) in [6, 6.07) is 18.4. The third kappa shape index (κ3) is 5.84. The summed E-state index contributed by atoms with van der Waals surface area (Å²) in [7, 11) is 1.77. The standard InChI is InChI=1S/C22H28N4O/c1-23-22(24-14-13-17-7-3-2-4-8-17)25-16-18-9-5-12-20(15-18)26-21(27)19-10-6-11-19/h2-5,7-9,12,15,19H,6,10-11,13-14,16H2,1H3,(H,26,27)(H2,23,24,25). The van der Waals surface area contributed by atoms with E-state index < -0.39 is 0 Å². The largest absolute Gasteiger partial charge is 0.356 e. The first-order valence-electron chi connectivity index (χ1n) is 9.63. The molecule has 3 N–H and O–H groups in total. The van der Waals surface area contributed by atoms with E-state index in [0.717, 1.165) is 43.0 Å². The molecule has 0 aliphatic heterocycles. The number of guanidine groups is 1. The first-order valence-corrected chi connectivity index (χ1v) is 9.63. The molecule has 142 valence electrons. The van der Waals surface area contributed by atoms with E-state index in [1.165, 1.54) is 12.0 Å². The van der Waals surface area contributed by atoms with Crippen LogP contribution in [0.15, 0.2) is 59.6 Å². The zero-order valence-corrected chi connectivity index (χ0v) is 15.9. The Morgan fingerprint density at radius 2 is 1.81 bits per heavy atom. The van der Waals surface area contributed by atoms with Gasteiger partial charge in [-0.3, -0.25) is 9.79 Å². The fraction of sp³-hybridized carbons (Fsp3) is 0.364. The molecular weight excluding hydrogens is 336 g/mol. The van der Waals surface area contributed by atoms with Crippen molar-refractivity contribution in [2.75, 3.05) is 18.9 Å². The molecule has 1 fully saturated rings. The molecule has 0 saturated heterocycles. The van der Waals surface area contributed by atoms with Crippen molar-refractivity contribution in [2.45, 2.75) is 32.2 Å². The second-order valence-electron chi connectivity index (χ2n) is 6.91. The summed E-state index contributed by atoms with van der Waals surface area (Å²) in [6.45, 7) is 1.47. The molecule has 27 heavy (non-hydrogen) atoms. The molecule has 0 atom stereocenters. The number of benzene rings is 2. The molecule has 5 nitrogen and oxygen atoms in total. The summed E-state index contributed by atoms with van der Waals surface area (Å²) >= 11 is 0. The Bertz CT molecular complexity index is 769. The van der Waals surface area contributed by atoms with Crippen molar-refractivity contribution < 1.29 is 4.79 Å². The molecule has 5 heteroatoms. The molecule has 0 unspecified atom stereocenters. The Kier molecular flexibility index (Phi) is 6.85. The fourth-order valence-corrected chi connectivity index (χ4v) is 3.05. The van der Waals surface area contributed by atoms with Crippen LogP contribution >= 0.6 is 0 Å². The molecule has 0 bridgehead atoms. The molecular formula is C22H28N4O. The number of aliphatic imine (C=N–C) groups is 1. The molecule has 0 spiro atoms. The number of amides is 1. The van der Waals surface area contributed by atoms with Crippen LogP contribution in [0, 0.1) is 5.92 Å². The lowest BCUT2D eigenvalue weighted by Crippen LogP contribution is -2.37. The topological polar surface area (TPSA) is 65.5 Å². The van der Waals surface area contributed by atoms with Crippen LogP contribution in [0.25, 0.3) is 0 Å². The summed E-state index contributed by atoms with van der Waals surface area (Å²) in [6.07, 6.45) is 4.14. The van der Waals surface area contributed by atoms with Crippen LogP contribution in [0.4, 0.5) is 5.69 Å². The van der Waals surface area contributed by atoms with Crippen molar-refractivity contribution in [2.24, 2.45) is 10.9 Å². The number of hydrogen-bond acceptors (Lipinski definition) is 2. The van der Waals surface area contributed by atoms with Crippen LogP contribution in [0.3, 0.4) is 0 Å². The summed E-state index contributed by atoms with van der Waals surface area (Å²) in [4.78, 5) is 16.4. The van der Waals surface area contributed by atoms with E-state index in [9.17, 15) is 4.79 Å². The van der Waals surface area contributed by atoms with Crippen molar-refractivity contribution in [1.29, 1.82) is 0 Å². The second-order valence-corrected chi connectivity index (χ2v) is 6.91. The van der Waals surface area contributed by atoms with Gasteiger partial charge < -0.3 is 16.0 Å². The minimum Gasteiger partial charge on any atom is -0.356 e. The van der Waals surface area contributed by atoms with Gasteiger partial charge >= 0.3 is 0 Å². The maximum atomic E-state index is 12.1. The molecule has 1 amide bonds. The van der Waals surface area contributed by atoms with E-state index >= 15 is 0 Å². The number of nitrogens with zero attached hydrogens (tertiary/aromatic N) is 1. The van der Waals surface area contributed by atoms with Crippen molar-refractivity contribution in [3.05, 3.63) is 65.7 Å². The van der Waals surface area contributed by atoms with Crippen molar-refractivity contribution in [3.63, 3.8) is 0 Å². The maximum Gasteiger partial charge on any atom is 0.227 e. The maximum absolute atomic E-state index is 12.1. The van der Waals surface area contributed by atoms with Gasteiger partial charge in [0, 0.05) is 31.7 Å². The lowest BCUT2D eigenvalue weighted by molar-refractivity contribution is -0.122. The fourth-order valence-electron chi connectivity index (χ4n) is 3.05. The number of carbonyl (C=O) groups is 1. The summed E-state index contributed by atoms with van der Waals surface area (Å²) < 4.78 is 0. The van der Waals surface area contributed by atoms with E-state index in [4.69, 9.17) is 0 Å². The summed E-state index contributed by atoms with van der Waals surface area (Å²) in [5.41, 5.74) is 3.26. The Balaban J connectivity index is 1.45. The third-order valence-electron chi connectivity index (χ3n) is 4.90. The number of carbonyl (C=O) groups excluding carboxylic acids is 1. The zero-order valence-electron chi connectivity index (χ0n) is 15.9. The molecule has 3 rings (SSSR count). The SMILES string of the molecule is CN=C(NCCc1ccccc1)NCc1cccc(NC(=O)C2CCC2)c1. The highest BCUT2D eigenvalue weighted by molar-refractivity contribution is 5.93. The van der Waals surface area contributed by atoms with Crippen LogP contribution in [0.2, 0.25) is 0 Å². The van der Waals surface area contributed by atoms with Gasteiger partial charge in [-0.15, -0.1) is 0 Å². The molecule has 1 aliphatic rings. The van der Waals surface area contributed by atoms with Gasteiger partial charge in [0.05, 0.1) is 0 Å². The monoisotopic (exact) mass is 364 g/mol. The summed E-state index contributed by atoms with van der Waals surface area (Å²) in [5, 5.41) is 9.68. The van der Waals surface area contributed by atoms with Gasteiger partial charge in [-0.05, 0) is 42.5 Å². The van der Waals surface area contributed by atoms with Crippen molar-refractivity contribution in [1.82, 2.24) is 10.6 Å². The highest BCUT2D eigenvalue weighted by Gasteiger charge is 2.25. The predicted molar refractivity (Wildman–Crippen MR) is 111 cm³/mol. The first-order chi connectivity index (χ1) is 13.2. The van der Waals surface area contributed by atoms with Gasteiger partial charge in [0.25, 0.3) is 0 Å². The lowest BCUT2D eigenvalue weighted by atomic mass is 9.85. The highest BCUT2D eigenvalue weighted by Crippen LogP contribution is 2.27. The highest BCUT2D eigenvalue weighted by atomic mass is 16.1. The number of hydrogen-bond donors (Lipinski definition) is 3. The smallest absolute Gasteiger partial charge is 0.227 e. The van der Waals surface area contributed by atoms with Gasteiger partial charge in [-0.2, -0.15) is 0 Å². The van der Waals surface area contributed by atoms with E-state index in [1.807, 2.05) is 30.3 Å². The van der Waals surface area contributed by atoms with Gasteiger partial charge in [0.15, 0.2) is 5.96 Å². The molecule has 1 saturated carbocycles. The molecule has 0 radical (unpaired) electrons. The molecule has 0 heterocycles. The lowest BCUT2D eigenvalue weighted by Gasteiger charge is -2.24.